The van der Waals surface area contributed by atoms with E-state index in [9.17, 15) is 0 Å². The van der Waals surface area contributed by atoms with Crippen molar-refractivity contribution in [3.05, 3.63) is 28.8 Å². The van der Waals surface area contributed by atoms with E-state index in [2.05, 4.69) is 37.7 Å². The highest BCUT2D eigenvalue weighted by atomic mass is 32.2. The van der Waals surface area contributed by atoms with Gasteiger partial charge in [0.05, 0.1) is 11.2 Å². The highest BCUT2D eigenvalue weighted by Crippen LogP contribution is 2.45. The molecule has 0 atom stereocenters. The van der Waals surface area contributed by atoms with Gasteiger partial charge in [0.25, 0.3) is 0 Å². The number of nitrogens with zero attached hydrogens (tertiary/aromatic N) is 2. The molecule has 0 unspecified atom stereocenters. The predicted molar refractivity (Wildman–Crippen MR) is 106 cm³/mol. The quantitative estimate of drug-likeness (QED) is 0.679. The molecule has 3 rings (SSSR count). The molecule has 3 heteroatoms. The van der Waals surface area contributed by atoms with Crippen molar-refractivity contribution in [1.29, 1.82) is 0 Å². The highest BCUT2D eigenvalue weighted by molar-refractivity contribution is 8.14. The average Bonchev–Trinajstić information content (AvgIpc) is 3.19. The lowest BCUT2D eigenvalue weighted by Crippen LogP contribution is -2.45. The Morgan fingerprint density at radius 3 is 2.67 bits per heavy atom. The van der Waals surface area contributed by atoms with E-state index in [1.54, 1.807) is 0 Å². The van der Waals surface area contributed by atoms with E-state index in [-0.39, 0.29) is 0 Å². The van der Waals surface area contributed by atoms with Crippen LogP contribution in [-0.2, 0) is 0 Å². The molecule has 0 bridgehead atoms. The molecule has 1 saturated heterocycles. The van der Waals surface area contributed by atoms with Gasteiger partial charge in [-0.1, -0.05) is 43.9 Å². The molecule has 0 aromatic heterocycles. The SMILES string of the molecule is C#Cc1ccc(N=C2SCC3(CCCC3)N2CCCC)c(C)c1C. The number of amidine groups is 1. The Balaban J connectivity index is 1.94. The zero-order valence-electron chi connectivity index (χ0n) is 15.2. The second-order valence-corrected chi connectivity index (χ2v) is 8.09. The third-order valence-electron chi connectivity index (χ3n) is 5.67. The fourth-order valence-corrected chi connectivity index (χ4v) is 5.38. The maximum Gasteiger partial charge on any atom is 0.164 e. The first-order valence-corrected chi connectivity index (χ1v) is 10.2. The molecule has 0 N–H and O–H groups in total. The van der Waals surface area contributed by atoms with Crippen LogP contribution in [0.15, 0.2) is 17.1 Å². The molecular formula is C21H28N2S. The Labute approximate surface area is 151 Å². The highest BCUT2D eigenvalue weighted by Gasteiger charge is 2.46. The first-order valence-electron chi connectivity index (χ1n) is 9.17. The van der Waals surface area contributed by atoms with Crippen LogP contribution in [0.2, 0.25) is 0 Å². The molecule has 1 aromatic carbocycles. The maximum absolute atomic E-state index is 5.59. The van der Waals surface area contributed by atoms with Gasteiger partial charge in [0.15, 0.2) is 5.17 Å². The van der Waals surface area contributed by atoms with Crippen molar-refractivity contribution in [1.82, 2.24) is 4.90 Å². The number of benzene rings is 1. The van der Waals surface area contributed by atoms with E-state index >= 15 is 0 Å². The number of terminal acetylenes is 1. The van der Waals surface area contributed by atoms with Crippen LogP contribution in [0.1, 0.15) is 62.1 Å². The fraction of sp³-hybridized carbons (Fsp3) is 0.571. The van der Waals surface area contributed by atoms with Crippen LogP contribution < -0.4 is 0 Å². The maximum atomic E-state index is 5.59. The van der Waals surface area contributed by atoms with Gasteiger partial charge in [-0.25, -0.2) is 4.99 Å². The molecule has 2 nitrogen and oxygen atoms in total. The number of unbranched alkanes of at least 4 members (excludes halogenated alkanes) is 1. The Morgan fingerprint density at radius 1 is 1.25 bits per heavy atom. The minimum Gasteiger partial charge on any atom is -0.345 e. The number of hydrogen-bond donors (Lipinski definition) is 0. The van der Waals surface area contributed by atoms with Crippen LogP contribution in [0.25, 0.3) is 0 Å². The lowest BCUT2D eigenvalue weighted by molar-refractivity contribution is 0.214. The summed E-state index contributed by atoms with van der Waals surface area (Å²) < 4.78 is 0. The molecule has 1 heterocycles. The van der Waals surface area contributed by atoms with Gasteiger partial charge in [-0.3, -0.25) is 0 Å². The summed E-state index contributed by atoms with van der Waals surface area (Å²) in [6.45, 7) is 7.65. The Hall–Kier alpha value is -1.40. The van der Waals surface area contributed by atoms with Crippen molar-refractivity contribution >= 4 is 22.6 Å². The Morgan fingerprint density at radius 2 is 2.00 bits per heavy atom. The van der Waals surface area contributed by atoms with Crippen molar-refractivity contribution in [3.8, 4) is 12.3 Å². The lowest BCUT2D eigenvalue weighted by atomic mass is 9.98. The van der Waals surface area contributed by atoms with Gasteiger partial charge in [-0.05, 0) is 56.4 Å². The van der Waals surface area contributed by atoms with Crippen molar-refractivity contribution in [2.45, 2.75) is 64.8 Å². The van der Waals surface area contributed by atoms with Gasteiger partial charge in [-0.15, -0.1) is 6.42 Å². The number of hydrogen-bond acceptors (Lipinski definition) is 2. The summed E-state index contributed by atoms with van der Waals surface area (Å²) in [6.07, 6.45) is 13.5. The summed E-state index contributed by atoms with van der Waals surface area (Å²) >= 11 is 1.95. The number of thioether (sulfide) groups is 1. The third-order valence-corrected chi connectivity index (χ3v) is 6.92. The van der Waals surface area contributed by atoms with Crippen LogP contribution in [0.5, 0.6) is 0 Å². The summed E-state index contributed by atoms with van der Waals surface area (Å²) in [7, 11) is 0. The van der Waals surface area contributed by atoms with E-state index in [1.807, 2.05) is 17.8 Å². The van der Waals surface area contributed by atoms with E-state index in [4.69, 9.17) is 11.4 Å². The van der Waals surface area contributed by atoms with Crippen LogP contribution in [0.4, 0.5) is 5.69 Å². The molecule has 24 heavy (non-hydrogen) atoms. The smallest absolute Gasteiger partial charge is 0.164 e. The minimum absolute atomic E-state index is 0.375. The Kier molecular flexibility index (Phi) is 5.25. The van der Waals surface area contributed by atoms with E-state index in [0.717, 1.165) is 17.8 Å². The lowest BCUT2D eigenvalue weighted by Gasteiger charge is -2.35. The molecule has 1 aromatic rings. The largest absolute Gasteiger partial charge is 0.345 e. The predicted octanol–water partition coefficient (Wildman–Crippen LogP) is 5.43. The summed E-state index contributed by atoms with van der Waals surface area (Å²) in [5, 5.41) is 1.22. The van der Waals surface area contributed by atoms with Gasteiger partial charge < -0.3 is 4.90 Å². The van der Waals surface area contributed by atoms with Gasteiger partial charge in [0.1, 0.15) is 0 Å². The second kappa shape index (κ2) is 7.23. The minimum atomic E-state index is 0.375. The summed E-state index contributed by atoms with van der Waals surface area (Å²) in [5.41, 5.74) is 4.82. The normalized spacial score (nSPS) is 20.9. The molecule has 1 spiro atoms. The van der Waals surface area contributed by atoms with E-state index in [1.165, 1.54) is 60.6 Å². The number of rotatable bonds is 4. The van der Waals surface area contributed by atoms with Gasteiger partial charge in [0, 0.05) is 17.9 Å². The van der Waals surface area contributed by atoms with Crippen molar-refractivity contribution in [3.63, 3.8) is 0 Å². The van der Waals surface area contributed by atoms with E-state index in [0.29, 0.717) is 5.54 Å². The molecule has 0 radical (unpaired) electrons. The number of aliphatic imine (C=N–C) groups is 1. The topological polar surface area (TPSA) is 15.6 Å². The van der Waals surface area contributed by atoms with Crippen molar-refractivity contribution in [2.75, 3.05) is 12.3 Å². The van der Waals surface area contributed by atoms with Gasteiger partial charge in [0.2, 0.25) is 0 Å². The van der Waals surface area contributed by atoms with Crippen LogP contribution in [0.3, 0.4) is 0 Å². The summed E-state index contributed by atoms with van der Waals surface area (Å²) in [6, 6.07) is 4.12. The van der Waals surface area contributed by atoms with Crippen LogP contribution >= 0.6 is 11.8 Å². The van der Waals surface area contributed by atoms with Crippen molar-refractivity contribution in [2.24, 2.45) is 4.99 Å². The molecule has 2 fully saturated rings. The van der Waals surface area contributed by atoms with Crippen LogP contribution in [0, 0.1) is 26.2 Å². The third kappa shape index (κ3) is 3.09. The standard InChI is InChI=1S/C21H28N2S/c1-5-7-14-23-20(24-15-21(23)12-8-9-13-21)22-19-11-10-18(6-2)16(3)17(19)4/h2,10-11H,5,7-9,12-15H2,1,3-4H3. The first kappa shape index (κ1) is 17.4. The molecule has 0 amide bonds. The van der Waals surface area contributed by atoms with Gasteiger partial charge in [-0.2, -0.15) is 0 Å². The first-order chi connectivity index (χ1) is 11.6. The molecule has 1 aliphatic carbocycles. The molecular weight excluding hydrogens is 312 g/mol. The second-order valence-electron chi connectivity index (χ2n) is 7.15. The van der Waals surface area contributed by atoms with Gasteiger partial charge >= 0.3 is 0 Å². The average molecular weight is 341 g/mol. The molecule has 1 aliphatic heterocycles. The Bertz CT molecular complexity index is 678. The molecule has 1 saturated carbocycles. The monoisotopic (exact) mass is 340 g/mol. The molecule has 2 aliphatic rings. The summed E-state index contributed by atoms with van der Waals surface area (Å²) in [5.74, 6) is 3.97. The van der Waals surface area contributed by atoms with Crippen LogP contribution in [-0.4, -0.2) is 27.9 Å². The fourth-order valence-electron chi connectivity index (χ4n) is 3.93. The summed E-state index contributed by atoms with van der Waals surface area (Å²) in [4.78, 5) is 7.72. The molecule has 128 valence electrons. The zero-order valence-corrected chi connectivity index (χ0v) is 16.0. The van der Waals surface area contributed by atoms with E-state index < -0.39 is 0 Å². The van der Waals surface area contributed by atoms with Crippen molar-refractivity contribution < 1.29 is 0 Å². The zero-order chi connectivity index (χ0) is 17.2.